The largest absolute Gasteiger partial charge is 0.334 e. The van der Waals surface area contributed by atoms with Crippen molar-refractivity contribution in [3.63, 3.8) is 0 Å². The van der Waals surface area contributed by atoms with Crippen LogP contribution in [0.1, 0.15) is 35.0 Å². The van der Waals surface area contributed by atoms with Gasteiger partial charge in [0, 0.05) is 24.8 Å². The molecule has 0 bridgehead atoms. The Morgan fingerprint density at radius 1 is 1.30 bits per heavy atom. The fourth-order valence-electron chi connectivity index (χ4n) is 3.47. The van der Waals surface area contributed by atoms with Crippen molar-refractivity contribution in [3.8, 4) is 0 Å². The van der Waals surface area contributed by atoms with Crippen molar-refractivity contribution in [2.75, 3.05) is 18.6 Å². The summed E-state index contributed by atoms with van der Waals surface area (Å²) < 4.78 is 25.4. The smallest absolute Gasteiger partial charge is 0.317 e. The minimum atomic E-state index is -2.97. The first-order valence-corrected chi connectivity index (χ1v) is 10.9. The zero-order valence-corrected chi connectivity index (χ0v) is 16.8. The van der Waals surface area contributed by atoms with Gasteiger partial charge in [0.1, 0.15) is 0 Å². The molecule has 146 valence electrons. The standard InChI is InChI=1S/C19H26N4O3S/c1-14-18(15(2)23(21-14)17-9-10-27(25,26)13-17)12-22(3)19(24)20-11-16-7-5-4-6-8-16/h4-8,17H,9-13H2,1-3H3,(H,20,24). The van der Waals surface area contributed by atoms with Crippen molar-refractivity contribution in [2.45, 2.75) is 39.4 Å². The fraction of sp³-hybridized carbons (Fsp3) is 0.474. The minimum absolute atomic E-state index is 0.111. The third-order valence-corrected chi connectivity index (χ3v) is 6.81. The highest BCUT2D eigenvalue weighted by molar-refractivity contribution is 7.91. The Kier molecular flexibility index (Phi) is 5.55. The third-order valence-electron chi connectivity index (χ3n) is 5.06. The Bertz CT molecular complexity index is 922. The summed E-state index contributed by atoms with van der Waals surface area (Å²) in [5.41, 5.74) is 3.77. The molecule has 1 aromatic carbocycles. The molecule has 0 spiro atoms. The summed E-state index contributed by atoms with van der Waals surface area (Å²) in [4.78, 5) is 14.0. The fourth-order valence-corrected chi connectivity index (χ4v) is 5.16. The molecule has 1 atom stereocenters. The molecule has 2 aromatic rings. The molecule has 8 heteroatoms. The van der Waals surface area contributed by atoms with E-state index >= 15 is 0 Å². The lowest BCUT2D eigenvalue weighted by atomic mass is 10.1. The third kappa shape index (κ3) is 4.50. The molecular weight excluding hydrogens is 364 g/mol. The highest BCUT2D eigenvalue weighted by atomic mass is 32.2. The topological polar surface area (TPSA) is 84.3 Å². The molecule has 2 amide bonds. The van der Waals surface area contributed by atoms with E-state index in [1.165, 1.54) is 0 Å². The quantitative estimate of drug-likeness (QED) is 0.848. The van der Waals surface area contributed by atoms with Gasteiger partial charge in [-0.15, -0.1) is 0 Å². The molecule has 1 aliphatic heterocycles. The molecule has 3 rings (SSSR count). The van der Waals surface area contributed by atoms with Crippen LogP contribution in [-0.2, 0) is 22.9 Å². The first-order valence-electron chi connectivity index (χ1n) is 9.05. The van der Waals surface area contributed by atoms with Crippen LogP contribution >= 0.6 is 0 Å². The van der Waals surface area contributed by atoms with Gasteiger partial charge >= 0.3 is 6.03 Å². The maximum absolute atomic E-state index is 12.4. The number of benzene rings is 1. The number of sulfone groups is 1. The van der Waals surface area contributed by atoms with Gasteiger partial charge in [-0.2, -0.15) is 5.10 Å². The van der Waals surface area contributed by atoms with E-state index in [4.69, 9.17) is 0 Å². The molecular formula is C19H26N4O3S. The summed E-state index contributed by atoms with van der Waals surface area (Å²) in [6, 6.07) is 9.48. The molecule has 1 saturated heterocycles. The van der Waals surface area contributed by atoms with E-state index in [2.05, 4.69) is 10.4 Å². The van der Waals surface area contributed by atoms with Gasteiger partial charge in [0.15, 0.2) is 9.84 Å². The SMILES string of the molecule is Cc1nn(C2CCS(=O)(=O)C2)c(C)c1CN(C)C(=O)NCc1ccccc1. The van der Waals surface area contributed by atoms with Crippen molar-refractivity contribution < 1.29 is 13.2 Å². The Balaban J connectivity index is 1.65. The van der Waals surface area contributed by atoms with Crippen LogP contribution in [0.3, 0.4) is 0 Å². The first-order chi connectivity index (χ1) is 12.8. The molecule has 1 aromatic heterocycles. The number of amides is 2. The second-order valence-corrected chi connectivity index (χ2v) is 9.38. The molecule has 0 radical (unpaired) electrons. The summed E-state index contributed by atoms with van der Waals surface area (Å²) in [5, 5.41) is 7.47. The van der Waals surface area contributed by atoms with Crippen molar-refractivity contribution in [1.82, 2.24) is 20.0 Å². The molecule has 27 heavy (non-hydrogen) atoms. The molecule has 1 fully saturated rings. The lowest BCUT2D eigenvalue weighted by Gasteiger charge is -2.19. The second-order valence-electron chi connectivity index (χ2n) is 7.15. The van der Waals surface area contributed by atoms with E-state index in [9.17, 15) is 13.2 Å². The van der Waals surface area contributed by atoms with Gasteiger partial charge in [-0.1, -0.05) is 30.3 Å². The molecule has 1 N–H and O–H groups in total. The Hall–Kier alpha value is -2.35. The van der Waals surface area contributed by atoms with Gasteiger partial charge in [-0.05, 0) is 25.8 Å². The van der Waals surface area contributed by atoms with Crippen LogP contribution in [0, 0.1) is 13.8 Å². The number of hydrogen-bond acceptors (Lipinski definition) is 4. The Morgan fingerprint density at radius 3 is 2.63 bits per heavy atom. The van der Waals surface area contributed by atoms with Crippen molar-refractivity contribution >= 4 is 15.9 Å². The van der Waals surface area contributed by atoms with Gasteiger partial charge < -0.3 is 10.2 Å². The maximum Gasteiger partial charge on any atom is 0.317 e. The predicted octanol–water partition coefficient (Wildman–Crippen LogP) is 2.20. The lowest BCUT2D eigenvalue weighted by molar-refractivity contribution is 0.206. The number of aryl methyl sites for hydroxylation is 1. The van der Waals surface area contributed by atoms with E-state index in [1.807, 2.05) is 48.9 Å². The van der Waals surface area contributed by atoms with Crippen molar-refractivity contribution in [1.29, 1.82) is 0 Å². The molecule has 7 nitrogen and oxygen atoms in total. The van der Waals surface area contributed by atoms with Gasteiger partial charge in [0.25, 0.3) is 0 Å². The second kappa shape index (κ2) is 7.72. The zero-order chi connectivity index (χ0) is 19.6. The highest BCUT2D eigenvalue weighted by Gasteiger charge is 2.31. The van der Waals surface area contributed by atoms with Gasteiger partial charge in [-0.25, -0.2) is 13.2 Å². The van der Waals surface area contributed by atoms with Crippen LogP contribution < -0.4 is 5.32 Å². The minimum Gasteiger partial charge on any atom is -0.334 e. The van der Waals surface area contributed by atoms with E-state index in [0.717, 1.165) is 22.5 Å². The Labute approximate surface area is 160 Å². The summed E-state index contributed by atoms with van der Waals surface area (Å²) in [7, 11) is -1.22. The summed E-state index contributed by atoms with van der Waals surface area (Å²) >= 11 is 0. The van der Waals surface area contributed by atoms with Gasteiger partial charge in [-0.3, -0.25) is 4.68 Å². The molecule has 1 aliphatic rings. The van der Waals surface area contributed by atoms with Gasteiger partial charge in [0.2, 0.25) is 0 Å². The highest BCUT2D eigenvalue weighted by Crippen LogP contribution is 2.27. The molecule has 0 saturated carbocycles. The number of carbonyl (C=O) groups is 1. The van der Waals surface area contributed by atoms with Crippen LogP contribution in [0.5, 0.6) is 0 Å². The maximum atomic E-state index is 12.4. The monoisotopic (exact) mass is 390 g/mol. The van der Waals surface area contributed by atoms with Gasteiger partial charge in [0.05, 0.1) is 29.8 Å². The normalized spacial score (nSPS) is 18.4. The zero-order valence-electron chi connectivity index (χ0n) is 16.0. The number of hydrogen-bond donors (Lipinski definition) is 1. The number of rotatable bonds is 5. The van der Waals surface area contributed by atoms with Crippen LogP contribution in [-0.4, -0.2) is 47.7 Å². The van der Waals surface area contributed by atoms with Crippen molar-refractivity contribution in [2.24, 2.45) is 0 Å². The molecule has 2 heterocycles. The van der Waals surface area contributed by atoms with E-state index in [-0.39, 0.29) is 23.6 Å². The number of aromatic nitrogens is 2. The van der Waals surface area contributed by atoms with Crippen LogP contribution in [0.15, 0.2) is 30.3 Å². The molecule has 0 aliphatic carbocycles. The predicted molar refractivity (Wildman–Crippen MR) is 104 cm³/mol. The summed E-state index contributed by atoms with van der Waals surface area (Å²) in [6.07, 6.45) is 0.594. The molecule has 1 unspecified atom stereocenters. The summed E-state index contributed by atoms with van der Waals surface area (Å²) in [6.45, 7) is 4.74. The average molecular weight is 391 g/mol. The average Bonchev–Trinajstić information content (AvgIpc) is 3.13. The Morgan fingerprint density at radius 2 is 2.00 bits per heavy atom. The number of nitrogens with zero attached hydrogens (tertiary/aromatic N) is 3. The van der Waals surface area contributed by atoms with E-state index < -0.39 is 9.84 Å². The number of nitrogens with one attached hydrogen (secondary N) is 1. The number of urea groups is 1. The lowest BCUT2D eigenvalue weighted by Crippen LogP contribution is -2.36. The summed E-state index contributed by atoms with van der Waals surface area (Å²) in [5.74, 6) is 0.356. The van der Waals surface area contributed by atoms with Crippen molar-refractivity contribution in [3.05, 3.63) is 52.8 Å². The van der Waals surface area contributed by atoms with Crippen LogP contribution in [0.4, 0.5) is 4.79 Å². The van der Waals surface area contributed by atoms with Crippen LogP contribution in [0.2, 0.25) is 0 Å². The number of carbonyl (C=O) groups excluding carboxylic acids is 1. The van der Waals surface area contributed by atoms with Crippen LogP contribution in [0.25, 0.3) is 0 Å². The van der Waals surface area contributed by atoms with E-state index in [1.54, 1.807) is 11.9 Å². The first kappa shape index (κ1) is 19.4. The van der Waals surface area contributed by atoms with E-state index in [0.29, 0.717) is 19.5 Å².